The number of carbonyl (C=O) groups excluding carboxylic acids is 7. The van der Waals surface area contributed by atoms with E-state index in [1.54, 1.807) is 27.7 Å². The number of carbonyl (C=O) groups is 8. The highest BCUT2D eigenvalue weighted by atomic mass is 16.4. The van der Waals surface area contributed by atoms with Crippen LogP contribution in [0.25, 0.3) is 0 Å². The lowest BCUT2D eigenvalue weighted by Crippen LogP contribution is -2.62. The number of unbranched alkanes of at least 4 members (excludes halogenated alkanes) is 1. The van der Waals surface area contributed by atoms with Crippen molar-refractivity contribution in [3.63, 3.8) is 0 Å². The van der Waals surface area contributed by atoms with Gasteiger partial charge in [0, 0.05) is 26.2 Å². The van der Waals surface area contributed by atoms with Crippen molar-refractivity contribution >= 4 is 71.2 Å². The molecule has 77 heavy (non-hydrogen) atoms. The number of rotatable bonds is 40. The number of aliphatic imine (C=N–C) groups is 4. The molecular weight excluding hydrogens is 1010 g/mol. The highest BCUT2D eigenvalue weighted by Gasteiger charge is 2.36. The van der Waals surface area contributed by atoms with Crippen LogP contribution >= 0.6 is 0 Å². The number of nitrogens with one attached hydrogen (secondary N) is 7. The number of amides is 7. The van der Waals surface area contributed by atoms with Crippen molar-refractivity contribution in [3.8, 4) is 0 Å². The summed E-state index contributed by atoms with van der Waals surface area (Å²) < 4.78 is 0. The van der Waals surface area contributed by atoms with Crippen LogP contribution in [-0.2, 0) is 38.4 Å². The summed E-state index contributed by atoms with van der Waals surface area (Å²) in [6, 6.07) is -10.8. The summed E-state index contributed by atoms with van der Waals surface area (Å²) in [6.07, 6.45) is 0.186. The van der Waals surface area contributed by atoms with Gasteiger partial charge in [0.15, 0.2) is 23.8 Å². The van der Waals surface area contributed by atoms with Gasteiger partial charge in [-0.25, -0.2) is 4.79 Å². The molecule has 0 aromatic carbocycles. The average Bonchev–Trinajstić information content (AvgIpc) is 3.32. The zero-order valence-electron chi connectivity index (χ0n) is 45.3. The van der Waals surface area contributed by atoms with Crippen molar-refractivity contribution in [2.75, 3.05) is 32.7 Å². The number of nitrogens with zero attached hydrogens (tertiary/aromatic N) is 4. The van der Waals surface area contributed by atoms with Crippen LogP contribution in [0, 0.1) is 11.8 Å². The summed E-state index contributed by atoms with van der Waals surface area (Å²) in [5.41, 5.74) is 55.4. The number of aliphatic hydroxyl groups is 1. The Bertz CT molecular complexity index is 1990. The number of guanidine groups is 4. The van der Waals surface area contributed by atoms with Gasteiger partial charge in [0.05, 0.1) is 12.1 Å². The Labute approximate surface area is 450 Å². The van der Waals surface area contributed by atoms with Crippen LogP contribution in [0.5, 0.6) is 0 Å². The van der Waals surface area contributed by atoms with Crippen LogP contribution in [0.3, 0.4) is 0 Å². The van der Waals surface area contributed by atoms with E-state index in [1.165, 1.54) is 6.92 Å². The van der Waals surface area contributed by atoms with E-state index in [2.05, 4.69) is 57.2 Å². The van der Waals surface area contributed by atoms with Gasteiger partial charge in [-0.3, -0.25) is 53.5 Å². The maximum Gasteiger partial charge on any atom is 0.326 e. The van der Waals surface area contributed by atoms with Crippen molar-refractivity contribution in [1.82, 2.24) is 37.2 Å². The molecule has 29 N–H and O–H groups in total. The second-order valence-electron chi connectivity index (χ2n) is 19.4. The molecule has 0 aromatic heterocycles. The first-order valence-corrected chi connectivity index (χ1v) is 25.8. The minimum Gasteiger partial charge on any atom is -0.480 e. The fourth-order valence-corrected chi connectivity index (χ4v) is 7.41. The van der Waals surface area contributed by atoms with Crippen molar-refractivity contribution in [3.05, 3.63) is 0 Å². The van der Waals surface area contributed by atoms with Crippen LogP contribution in [0.2, 0.25) is 0 Å². The number of aliphatic carboxylic acids is 1. The van der Waals surface area contributed by atoms with E-state index in [4.69, 9.17) is 57.3 Å². The van der Waals surface area contributed by atoms with Gasteiger partial charge < -0.3 is 105 Å². The van der Waals surface area contributed by atoms with Gasteiger partial charge in [0.25, 0.3) is 0 Å². The summed E-state index contributed by atoms with van der Waals surface area (Å²) in [4.78, 5) is 125. The Hall–Kier alpha value is -7.28. The number of hydrogen-bond acceptors (Lipinski definition) is 15. The molecule has 0 bridgehead atoms. The molecule has 31 nitrogen and oxygen atoms in total. The third-order valence-corrected chi connectivity index (χ3v) is 11.3. The van der Waals surface area contributed by atoms with Crippen LogP contribution in [0.15, 0.2) is 20.0 Å². The number of carboxylic acid groups (broad SMARTS) is 1. The maximum absolute atomic E-state index is 14.3. The highest BCUT2D eigenvalue weighted by molar-refractivity contribution is 5.98. The Kier molecular flexibility index (Phi) is 34.7. The predicted molar refractivity (Wildman–Crippen MR) is 292 cm³/mol. The lowest BCUT2D eigenvalue weighted by Gasteiger charge is -2.29. The minimum absolute atomic E-state index is 0.0245. The van der Waals surface area contributed by atoms with Crippen LogP contribution < -0.4 is 94.6 Å². The van der Waals surface area contributed by atoms with Gasteiger partial charge in [-0.15, -0.1) is 0 Å². The van der Waals surface area contributed by atoms with Crippen LogP contribution in [0.1, 0.15) is 118 Å². The monoisotopic (exact) mass is 1100 g/mol. The van der Waals surface area contributed by atoms with E-state index in [0.717, 1.165) is 0 Å². The molecule has 0 aromatic rings. The Balaban J connectivity index is 6.87. The predicted octanol–water partition coefficient (Wildman–Crippen LogP) is -6.39. The Morgan fingerprint density at radius 1 is 0.403 bits per heavy atom. The van der Waals surface area contributed by atoms with E-state index in [0.29, 0.717) is 25.8 Å². The van der Waals surface area contributed by atoms with Gasteiger partial charge in [0.2, 0.25) is 41.4 Å². The molecule has 0 rings (SSSR count). The first-order chi connectivity index (χ1) is 36.1. The zero-order chi connectivity index (χ0) is 58.8. The second-order valence-corrected chi connectivity index (χ2v) is 19.4. The average molecular weight is 1100 g/mol. The van der Waals surface area contributed by atoms with Gasteiger partial charge in [0.1, 0.15) is 42.3 Å². The van der Waals surface area contributed by atoms with E-state index in [-0.39, 0.29) is 126 Å². The molecule has 0 aliphatic rings. The number of nitrogens with two attached hydrogens (primary N) is 10. The van der Waals surface area contributed by atoms with Gasteiger partial charge >= 0.3 is 5.97 Å². The van der Waals surface area contributed by atoms with Crippen molar-refractivity contribution in [2.24, 2.45) is 89.1 Å². The van der Waals surface area contributed by atoms with Crippen molar-refractivity contribution in [1.29, 1.82) is 0 Å². The lowest BCUT2D eigenvalue weighted by molar-refractivity contribution is -0.143. The van der Waals surface area contributed by atoms with E-state index in [1.807, 2.05) is 0 Å². The molecule has 440 valence electrons. The first kappa shape index (κ1) is 69.7. The molecule has 0 aliphatic carbocycles. The number of aliphatic hydroxyl groups excluding tert-OH is 1. The lowest BCUT2D eigenvalue weighted by atomic mass is 10.0. The molecule has 0 heterocycles. The number of carboxylic acids is 1. The SMILES string of the molecule is CC(C)CC(NC(=O)C(CCCN=C(N)N)NC(=O)C(CCCN=C(N)N)NC(=O)C(CC(C)C)NC(=O)C(NC(=O)C(CCCN=C(N)N)NC(=O)C(CCCCN)NC(=O)C(N)CCCN=C(N)N)C(C)O)C(=O)O. The molecule has 9 atom stereocenters. The summed E-state index contributed by atoms with van der Waals surface area (Å²) in [5, 5.41) is 38.8. The van der Waals surface area contributed by atoms with Crippen LogP contribution in [-0.4, -0.2) is 169 Å². The Morgan fingerprint density at radius 2 is 0.701 bits per heavy atom. The largest absolute Gasteiger partial charge is 0.480 e. The summed E-state index contributed by atoms with van der Waals surface area (Å²) in [7, 11) is 0. The molecule has 0 saturated heterocycles. The van der Waals surface area contributed by atoms with Gasteiger partial charge in [-0.05, 0) is 109 Å². The third-order valence-electron chi connectivity index (χ3n) is 11.3. The van der Waals surface area contributed by atoms with Gasteiger partial charge in [-0.1, -0.05) is 27.7 Å². The molecule has 0 saturated carbocycles. The molecule has 9 unspecified atom stereocenters. The normalized spacial score (nSPS) is 14.5. The molecule has 0 spiro atoms. The summed E-state index contributed by atoms with van der Waals surface area (Å²) in [5.74, 6) is -8.44. The topological polar surface area (TPSA) is 571 Å². The maximum atomic E-state index is 14.3. The van der Waals surface area contributed by atoms with Gasteiger partial charge in [-0.2, -0.15) is 0 Å². The van der Waals surface area contributed by atoms with Crippen molar-refractivity contribution in [2.45, 2.75) is 173 Å². The van der Waals surface area contributed by atoms with E-state index in [9.17, 15) is 48.6 Å². The van der Waals surface area contributed by atoms with E-state index < -0.39 is 102 Å². The molecule has 0 aliphatic heterocycles. The quantitative estimate of drug-likeness (QED) is 0.0154. The molecule has 7 amide bonds. The van der Waals surface area contributed by atoms with Crippen molar-refractivity contribution < 1.29 is 48.6 Å². The molecule has 0 fully saturated rings. The first-order valence-electron chi connectivity index (χ1n) is 25.8. The Morgan fingerprint density at radius 3 is 1.04 bits per heavy atom. The molecule has 0 radical (unpaired) electrons. The zero-order valence-corrected chi connectivity index (χ0v) is 45.3. The minimum atomic E-state index is -1.73. The standard InChI is InChI=1S/C46H91N21O10/c1-24(2)22-32(40(74)64-29(14-9-19-58-44(51)52)37(71)62-30(15-10-20-59-45(53)54)38(72)66-33(42(76)77)23-25(3)4)65-41(75)34(26(5)68)67-39(73)31(16-11-21-60-46(55)56)63-36(70)28(13-6-7-17-47)61-35(69)27(48)12-8-18-57-43(49)50/h24-34,68H,6-23,47-48H2,1-5H3,(H,61,69)(H,62,71)(H,63,70)(H,64,74)(H,65,75)(H,66,72)(H,67,73)(H,76,77)(H4,49,50,57)(H4,51,52,58)(H4,53,54,59)(H4,55,56,60). The summed E-state index contributed by atoms with van der Waals surface area (Å²) in [6.45, 7) is 8.88. The third kappa shape index (κ3) is 32.0. The molecule has 31 heteroatoms. The smallest absolute Gasteiger partial charge is 0.326 e. The van der Waals surface area contributed by atoms with Crippen LogP contribution in [0.4, 0.5) is 0 Å². The summed E-state index contributed by atoms with van der Waals surface area (Å²) >= 11 is 0. The van der Waals surface area contributed by atoms with E-state index >= 15 is 0 Å². The highest BCUT2D eigenvalue weighted by Crippen LogP contribution is 2.12. The molecular formula is C46H91N21O10. The second kappa shape index (κ2) is 38.3. The number of hydrogen-bond donors (Lipinski definition) is 19. The fourth-order valence-electron chi connectivity index (χ4n) is 7.41. The fraction of sp³-hybridized carbons (Fsp3) is 0.739.